The molecule has 3 aromatic rings. The monoisotopic (exact) mass is 427 g/mol. The first-order valence-corrected chi connectivity index (χ1v) is 10.3. The van der Waals surface area contributed by atoms with Crippen LogP contribution in [0.15, 0.2) is 52.9 Å². The number of halogens is 1. The summed E-state index contributed by atoms with van der Waals surface area (Å²) in [5.74, 6) is -1.26. The van der Waals surface area contributed by atoms with Crippen LogP contribution in [0.3, 0.4) is 0 Å². The Hall–Kier alpha value is -3.04. The molecule has 4 rings (SSSR count). The van der Waals surface area contributed by atoms with Gasteiger partial charge >= 0.3 is 0 Å². The van der Waals surface area contributed by atoms with E-state index in [1.54, 1.807) is 35.8 Å². The Labute approximate surface area is 173 Å². The number of amides is 3. The molecule has 1 aliphatic rings. The third kappa shape index (κ3) is 4.06. The van der Waals surface area contributed by atoms with Crippen LogP contribution in [0.1, 0.15) is 15.9 Å². The number of hydrogen-bond donors (Lipinski definition) is 1. The van der Waals surface area contributed by atoms with Crippen molar-refractivity contribution in [3.8, 4) is 0 Å². The van der Waals surface area contributed by atoms with E-state index in [-0.39, 0.29) is 29.5 Å². The molecule has 2 heterocycles. The predicted octanol–water partition coefficient (Wildman–Crippen LogP) is 3.90. The lowest BCUT2D eigenvalue weighted by Gasteiger charge is -2.13. The highest BCUT2D eigenvalue weighted by molar-refractivity contribution is 8.18. The van der Waals surface area contributed by atoms with Crippen molar-refractivity contribution >= 4 is 56.4 Å². The molecule has 0 radical (unpaired) electrons. The van der Waals surface area contributed by atoms with Crippen molar-refractivity contribution in [2.45, 2.75) is 0 Å². The van der Waals surface area contributed by atoms with Crippen molar-refractivity contribution in [1.29, 1.82) is 0 Å². The molecule has 1 fully saturated rings. The van der Waals surface area contributed by atoms with Gasteiger partial charge in [0.05, 0.1) is 20.6 Å². The van der Waals surface area contributed by atoms with E-state index in [1.165, 1.54) is 29.5 Å². The molecule has 1 saturated heterocycles. The molecule has 0 atom stereocenters. The Kier molecular flexibility index (Phi) is 5.41. The molecular weight excluding hydrogens is 413 g/mol. The minimum atomic E-state index is -0.497. The molecule has 1 aliphatic heterocycles. The number of carbonyl (C=O) groups excluding carboxylic acids is 3. The second-order valence-corrected chi connectivity index (χ2v) is 8.03. The van der Waals surface area contributed by atoms with E-state index in [0.29, 0.717) is 5.56 Å². The van der Waals surface area contributed by atoms with Crippen LogP contribution < -0.4 is 5.32 Å². The molecule has 9 heteroatoms. The van der Waals surface area contributed by atoms with E-state index in [4.69, 9.17) is 0 Å². The number of aromatic nitrogens is 1. The van der Waals surface area contributed by atoms with E-state index >= 15 is 0 Å². The summed E-state index contributed by atoms with van der Waals surface area (Å²) < 4.78 is 14.7. The second kappa shape index (κ2) is 8.14. The second-order valence-electron chi connectivity index (χ2n) is 6.15. The van der Waals surface area contributed by atoms with Gasteiger partial charge in [0.15, 0.2) is 0 Å². The van der Waals surface area contributed by atoms with Gasteiger partial charge in [-0.1, -0.05) is 18.2 Å². The van der Waals surface area contributed by atoms with E-state index in [2.05, 4.69) is 10.3 Å². The zero-order chi connectivity index (χ0) is 20.4. The van der Waals surface area contributed by atoms with Gasteiger partial charge in [-0.2, -0.15) is 0 Å². The molecule has 6 nitrogen and oxygen atoms in total. The van der Waals surface area contributed by atoms with Gasteiger partial charge in [-0.15, -0.1) is 11.3 Å². The summed E-state index contributed by atoms with van der Waals surface area (Å²) >= 11 is 2.20. The summed E-state index contributed by atoms with van der Waals surface area (Å²) in [5.41, 5.74) is 3.26. The molecule has 146 valence electrons. The van der Waals surface area contributed by atoms with Crippen LogP contribution in [0.4, 0.5) is 9.18 Å². The fraction of sp³-hybridized carbons (Fsp3) is 0.100. The maximum atomic E-state index is 13.8. The first-order valence-electron chi connectivity index (χ1n) is 8.64. The molecule has 0 bridgehead atoms. The lowest BCUT2D eigenvalue weighted by atomic mass is 10.2. The smallest absolute Gasteiger partial charge is 0.293 e. The van der Waals surface area contributed by atoms with E-state index < -0.39 is 17.0 Å². The zero-order valence-electron chi connectivity index (χ0n) is 14.9. The number of thiazole rings is 1. The van der Waals surface area contributed by atoms with Crippen molar-refractivity contribution in [1.82, 2.24) is 15.2 Å². The molecular formula is C20H14FN3O3S2. The molecule has 0 unspecified atom stereocenters. The number of hydrogen-bond acceptors (Lipinski definition) is 6. The van der Waals surface area contributed by atoms with Gasteiger partial charge in [0.2, 0.25) is 0 Å². The quantitative estimate of drug-likeness (QED) is 0.625. The number of imide groups is 1. The highest BCUT2D eigenvalue weighted by Gasteiger charge is 2.34. The number of benzene rings is 2. The van der Waals surface area contributed by atoms with Gasteiger partial charge in [0.25, 0.3) is 17.1 Å². The van der Waals surface area contributed by atoms with Gasteiger partial charge in [0.1, 0.15) is 5.82 Å². The van der Waals surface area contributed by atoms with E-state index in [9.17, 15) is 18.8 Å². The van der Waals surface area contributed by atoms with Crippen LogP contribution in [0.5, 0.6) is 0 Å². The van der Waals surface area contributed by atoms with Crippen LogP contribution in [-0.4, -0.2) is 40.0 Å². The van der Waals surface area contributed by atoms with Crippen molar-refractivity contribution in [3.63, 3.8) is 0 Å². The van der Waals surface area contributed by atoms with Crippen molar-refractivity contribution in [2.24, 2.45) is 0 Å². The first kappa shape index (κ1) is 19.3. The largest absolute Gasteiger partial charge is 0.350 e. The third-order valence-corrected chi connectivity index (χ3v) is 5.98. The Balaban J connectivity index is 1.38. The summed E-state index contributed by atoms with van der Waals surface area (Å²) in [5, 5.41) is 2.26. The Bertz CT molecular complexity index is 1160. The molecule has 1 aromatic heterocycles. The maximum absolute atomic E-state index is 13.8. The average Bonchev–Trinajstić information content (AvgIpc) is 3.28. The standard InChI is InChI=1S/C20H14FN3O3S2/c21-14-4-2-1-3-12(14)9-17-19(26)24(20(27)29-17)8-7-22-18(25)13-5-6-15-16(10-13)28-11-23-15/h1-6,9-11H,7-8H2,(H,22,25)/b17-9-. The fourth-order valence-electron chi connectivity index (χ4n) is 2.81. The average molecular weight is 427 g/mol. The van der Waals surface area contributed by atoms with Crippen LogP contribution in [0.25, 0.3) is 16.3 Å². The predicted molar refractivity (Wildman–Crippen MR) is 111 cm³/mol. The molecule has 0 saturated carbocycles. The summed E-state index contributed by atoms with van der Waals surface area (Å²) in [7, 11) is 0. The summed E-state index contributed by atoms with van der Waals surface area (Å²) in [6, 6.07) is 11.2. The van der Waals surface area contributed by atoms with Crippen LogP contribution in [-0.2, 0) is 4.79 Å². The van der Waals surface area contributed by atoms with Crippen LogP contribution in [0, 0.1) is 5.82 Å². The van der Waals surface area contributed by atoms with Gasteiger partial charge < -0.3 is 5.32 Å². The first-order chi connectivity index (χ1) is 14.0. The third-order valence-electron chi connectivity index (χ3n) is 4.28. The van der Waals surface area contributed by atoms with Crippen molar-refractivity contribution < 1.29 is 18.8 Å². The van der Waals surface area contributed by atoms with Gasteiger partial charge in [-0.25, -0.2) is 9.37 Å². The maximum Gasteiger partial charge on any atom is 0.293 e. The van der Waals surface area contributed by atoms with Crippen molar-refractivity contribution in [3.05, 3.63) is 69.8 Å². The minimum absolute atomic E-state index is 0.0355. The molecule has 0 spiro atoms. The molecule has 2 aromatic carbocycles. The van der Waals surface area contributed by atoms with Crippen molar-refractivity contribution in [2.75, 3.05) is 13.1 Å². The van der Waals surface area contributed by atoms with Crippen LogP contribution in [0.2, 0.25) is 0 Å². The van der Waals surface area contributed by atoms with Gasteiger partial charge in [-0.3, -0.25) is 19.3 Å². The van der Waals surface area contributed by atoms with Gasteiger partial charge in [-0.05, 0) is 42.1 Å². The number of thioether (sulfide) groups is 1. The normalized spacial score (nSPS) is 15.5. The SMILES string of the molecule is O=C(NCCN1C(=O)S/C(=C\c2ccccc2F)C1=O)c1ccc2ncsc2c1. The number of nitrogens with zero attached hydrogens (tertiary/aromatic N) is 2. The zero-order valence-corrected chi connectivity index (χ0v) is 16.6. The summed E-state index contributed by atoms with van der Waals surface area (Å²) in [4.78, 5) is 42.3. The molecule has 3 amide bonds. The van der Waals surface area contributed by atoms with E-state index in [1.807, 2.05) is 0 Å². The topological polar surface area (TPSA) is 79.4 Å². The lowest BCUT2D eigenvalue weighted by Crippen LogP contribution is -2.37. The highest BCUT2D eigenvalue weighted by atomic mass is 32.2. The highest BCUT2D eigenvalue weighted by Crippen LogP contribution is 2.32. The fourth-order valence-corrected chi connectivity index (χ4v) is 4.38. The number of rotatable bonds is 5. The summed E-state index contributed by atoms with van der Waals surface area (Å²) in [6.45, 7) is 0.151. The Morgan fingerprint density at radius 2 is 2.03 bits per heavy atom. The molecule has 29 heavy (non-hydrogen) atoms. The lowest BCUT2D eigenvalue weighted by molar-refractivity contribution is -0.122. The molecule has 0 aliphatic carbocycles. The number of fused-ring (bicyclic) bond motifs is 1. The van der Waals surface area contributed by atoms with Crippen LogP contribution >= 0.6 is 23.1 Å². The van der Waals surface area contributed by atoms with Gasteiger partial charge in [0, 0.05) is 24.2 Å². The number of nitrogens with one attached hydrogen (secondary N) is 1. The molecule has 1 N–H and O–H groups in total. The minimum Gasteiger partial charge on any atom is -0.350 e. The Morgan fingerprint density at radius 3 is 2.86 bits per heavy atom. The van der Waals surface area contributed by atoms with E-state index in [0.717, 1.165) is 26.9 Å². The number of carbonyl (C=O) groups is 3. The summed E-state index contributed by atoms with van der Waals surface area (Å²) in [6.07, 6.45) is 1.36. The Morgan fingerprint density at radius 1 is 1.21 bits per heavy atom.